The molecule has 2 fully saturated rings. The Morgan fingerprint density at radius 3 is 2.54 bits per heavy atom. The second-order valence-electron chi connectivity index (χ2n) is 6.98. The van der Waals surface area contributed by atoms with Crippen molar-refractivity contribution >= 4 is 23.2 Å². The van der Waals surface area contributed by atoms with Crippen molar-refractivity contribution in [2.75, 3.05) is 6.54 Å². The number of aliphatic carboxylic acids is 1. The molecular weight excluding hydrogens is 326 g/mol. The summed E-state index contributed by atoms with van der Waals surface area (Å²) < 4.78 is 0. The van der Waals surface area contributed by atoms with Gasteiger partial charge in [-0.3, -0.25) is 9.59 Å². The lowest BCUT2D eigenvalue weighted by molar-refractivity contribution is -0.146. The number of rotatable bonds is 5. The van der Waals surface area contributed by atoms with E-state index >= 15 is 0 Å². The first-order valence-corrected chi connectivity index (χ1v) is 9.69. The standard InChI is InChI=1S/C18H25NO4S/c20-15(16-4-2-10-24-16)11-14-3-1-9-19(14)17(21)12-5-7-13(8-6-12)18(22)23/h2,4,10,12-15,20H,1,3,5-9,11H2,(H,22,23). The molecule has 1 aliphatic carbocycles. The average molecular weight is 351 g/mol. The summed E-state index contributed by atoms with van der Waals surface area (Å²) in [6.07, 6.45) is 4.56. The third-order valence-corrected chi connectivity index (χ3v) is 6.43. The third kappa shape index (κ3) is 3.81. The molecule has 1 aromatic heterocycles. The van der Waals surface area contributed by atoms with E-state index < -0.39 is 12.1 Å². The lowest BCUT2D eigenvalue weighted by atomic mass is 9.81. The zero-order valence-corrected chi connectivity index (χ0v) is 14.6. The van der Waals surface area contributed by atoms with E-state index in [0.717, 1.165) is 24.3 Å². The van der Waals surface area contributed by atoms with Gasteiger partial charge in [-0.15, -0.1) is 11.3 Å². The Kier molecular flexibility index (Phi) is 5.56. The summed E-state index contributed by atoms with van der Waals surface area (Å²) in [5.74, 6) is -0.900. The minimum Gasteiger partial charge on any atom is -0.481 e. The molecule has 0 bridgehead atoms. The molecule has 1 saturated carbocycles. The Balaban J connectivity index is 1.57. The number of hydrogen-bond acceptors (Lipinski definition) is 4. The van der Waals surface area contributed by atoms with E-state index in [1.54, 1.807) is 11.3 Å². The topological polar surface area (TPSA) is 77.8 Å². The number of aliphatic hydroxyl groups is 1. The highest BCUT2D eigenvalue weighted by atomic mass is 32.1. The fraction of sp³-hybridized carbons (Fsp3) is 0.667. The maximum atomic E-state index is 12.9. The quantitative estimate of drug-likeness (QED) is 0.855. The second-order valence-corrected chi connectivity index (χ2v) is 7.96. The first kappa shape index (κ1) is 17.4. The molecule has 0 spiro atoms. The lowest BCUT2D eigenvalue weighted by Crippen LogP contribution is -2.41. The summed E-state index contributed by atoms with van der Waals surface area (Å²) in [5.41, 5.74) is 0. The molecule has 1 saturated heterocycles. The molecule has 2 heterocycles. The van der Waals surface area contributed by atoms with Crippen LogP contribution in [0.2, 0.25) is 0 Å². The van der Waals surface area contributed by atoms with Crippen molar-refractivity contribution in [3.05, 3.63) is 22.4 Å². The maximum Gasteiger partial charge on any atom is 0.306 e. The van der Waals surface area contributed by atoms with Gasteiger partial charge in [-0.05, 0) is 56.4 Å². The lowest BCUT2D eigenvalue weighted by Gasteiger charge is -2.32. The van der Waals surface area contributed by atoms with Crippen LogP contribution in [0.5, 0.6) is 0 Å². The molecule has 0 aromatic carbocycles. The van der Waals surface area contributed by atoms with Crippen LogP contribution in [0.4, 0.5) is 0 Å². The molecule has 2 N–H and O–H groups in total. The van der Waals surface area contributed by atoms with Gasteiger partial charge in [-0.2, -0.15) is 0 Å². The summed E-state index contributed by atoms with van der Waals surface area (Å²) in [6, 6.07) is 3.97. The van der Waals surface area contributed by atoms with Crippen molar-refractivity contribution in [1.29, 1.82) is 0 Å². The van der Waals surface area contributed by atoms with Gasteiger partial charge in [-0.25, -0.2) is 0 Å². The number of amides is 1. The SMILES string of the molecule is O=C(O)C1CCC(C(=O)N2CCCC2CC(O)c2cccs2)CC1. The highest BCUT2D eigenvalue weighted by molar-refractivity contribution is 7.10. The van der Waals surface area contributed by atoms with Gasteiger partial charge in [0.1, 0.15) is 0 Å². The van der Waals surface area contributed by atoms with Gasteiger partial charge in [0, 0.05) is 23.4 Å². The maximum absolute atomic E-state index is 12.9. The van der Waals surface area contributed by atoms with E-state index in [1.165, 1.54) is 0 Å². The predicted molar refractivity (Wildman–Crippen MR) is 91.7 cm³/mol. The number of carbonyl (C=O) groups excluding carboxylic acids is 1. The number of carboxylic acids is 1. The Bertz CT molecular complexity index is 566. The minimum absolute atomic E-state index is 0.0416. The highest BCUT2D eigenvalue weighted by Crippen LogP contribution is 2.34. The van der Waals surface area contributed by atoms with Gasteiger partial charge >= 0.3 is 5.97 Å². The highest BCUT2D eigenvalue weighted by Gasteiger charge is 2.37. The van der Waals surface area contributed by atoms with Crippen molar-refractivity contribution in [3.63, 3.8) is 0 Å². The first-order chi connectivity index (χ1) is 11.6. The number of thiophene rings is 1. The molecule has 1 amide bonds. The van der Waals surface area contributed by atoms with Crippen LogP contribution in [-0.4, -0.2) is 39.6 Å². The first-order valence-electron chi connectivity index (χ1n) is 8.81. The van der Waals surface area contributed by atoms with Gasteiger partial charge in [0.15, 0.2) is 0 Å². The van der Waals surface area contributed by atoms with E-state index in [9.17, 15) is 14.7 Å². The van der Waals surface area contributed by atoms with Crippen LogP contribution in [0.15, 0.2) is 17.5 Å². The van der Waals surface area contributed by atoms with Crippen LogP contribution < -0.4 is 0 Å². The minimum atomic E-state index is -0.737. The van der Waals surface area contributed by atoms with E-state index in [1.807, 2.05) is 22.4 Å². The van der Waals surface area contributed by atoms with Gasteiger partial charge in [0.05, 0.1) is 12.0 Å². The number of carboxylic acid groups (broad SMARTS) is 1. The number of hydrogen-bond donors (Lipinski definition) is 2. The summed E-state index contributed by atoms with van der Waals surface area (Å²) >= 11 is 1.55. The molecule has 24 heavy (non-hydrogen) atoms. The van der Waals surface area contributed by atoms with Crippen molar-refractivity contribution in [2.45, 2.75) is 57.1 Å². The normalized spacial score (nSPS) is 28.7. The van der Waals surface area contributed by atoms with E-state index in [2.05, 4.69) is 0 Å². The van der Waals surface area contributed by atoms with Gasteiger partial charge in [0.25, 0.3) is 0 Å². The van der Waals surface area contributed by atoms with E-state index in [4.69, 9.17) is 5.11 Å². The number of likely N-dealkylation sites (tertiary alicyclic amines) is 1. The van der Waals surface area contributed by atoms with Crippen molar-refractivity contribution in [3.8, 4) is 0 Å². The molecule has 1 aromatic rings. The summed E-state index contributed by atoms with van der Waals surface area (Å²) in [4.78, 5) is 26.8. The third-order valence-electron chi connectivity index (χ3n) is 5.45. The largest absolute Gasteiger partial charge is 0.481 e. The zero-order chi connectivity index (χ0) is 17.1. The molecule has 0 radical (unpaired) electrons. The fourth-order valence-corrected chi connectivity index (χ4v) is 4.77. The van der Waals surface area contributed by atoms with Crippen LogP contribution in [0.25, 0.3) is 0 Å². The van der Waals surface area contributed by atoms with Crippen LogP contribution in [0, 0.1) is 11.8 Å². The van der Waals surface area contributed by atoms with Gasteiger partial charge in [0.2, 0.25) is 5.91 Å². The summed E-state index contributed by atoms with van der Waals surface area (Å²) in [6.45, 7) is 0.763. The van der Waals surface area contributed by atoms with Crippen molar-refractivity contribution in [1.82, 2.24) is 4.90 Å². The molecule has 3 rings (SSSR count). The zero-order valence-electron chi connectivity index (χ0n) is 13.8. The molecule has 2 atom stereocenters. The number of aliphatic hydroxyl groups excluding tert-OH is 1. The Hall–Kier alpha value is -1.40. The van der Waals surface area contributed by atoms with Gasteiger partial charge < -0.3 is 15.1 Å². The number of carbonyl (C=O) groups is 2. The smallest absolute Gasteiger partial charge is 0.306 e. The second kappa shape index (κ2) is 7.66. The molecule has 6 heteroatoms. The average Bonchev–Trinajstić information content (AvgIpc) is 3.26. The van der Waals surface area contributed by atoms with Crippen LogP contribution in [0.1, 0.15) is 55.9 Å². The molecule has 1 aliphatic heterocycles. The summed E-state index contributed by atoms with van der Waals surface area (Å²) in [7, 11) is 0. The fourth-order valence-electron chi connectivity index (χ4n) is 4.05. The van der Waals surface area contributed by atoms with Crippen molar-refractivity contribution in [2.24, 2.45) is 11.8 Å². The van der Waals surface area contributed by atoms with Gasteiger partial charge in [-0.1, -0.05) is 6.07 Å². The van der Waals surface area contributed by atoms with E-state index in [-0.39, 0.29) is 23.8 Å². The van der Waals surface area contributed by atoms with Crippen LogP contribution in [0.3, 0.4) is 0 Å². The monoisotopic (exact) mass is 351 g/mol. The molecule has 132 valence electrons. The van der Waals surface area contributed by atoms with Crippen LogP contribution >= 0.6 is 11.3 Å². The Morgan fingerprint density at radius 1 is 1.21 bits per heavy atom. The Labute approximate surface area is 146 Å². The number of nitrogens with zero attached hydrogens (tertiary/aromatic N) is 1. The molecule has 5 nitrogen and oxygen atoms in total. The van der Waals surface area contributed by atoms with Crippen LogP contribution in [-0.2, 0) is 9.59 Å². The predicted octanol–water partition coefficient (Wildman–Crippen LogP) is 3.05. The molecular formula is C18H25NO4S. The van der Waals surface area contributed by atoms with Crippen molar-refractivity contribution < 1.29 is 19.8 Å². The summed E-state index contributed by atoms with van der Waals surface area (Å²) in [5, 5.41) is 21.4. The molecule has 2 aliphatic rings. The molecule has 2 unspecified atom stereocenters. The Morgan fingerprint density at radius 2 is 1.92 bits per heavy atom. The van der Waals surface area contributed by atoms with E-state index in [0.29, 0.717) is 32.1 Å².